The normalized spacial score (nSPS) is 10.9. The van der Waals surface area contributed by atoms with Crippen molar-refractivity contribution in [1.29, 1.82) is 0 Å². The number of aryl methyl sites for hydroxylation is 1. The molecule has 48 valence electrons. The molecule has 1 rings (SSSR count). The lowest BCUT2D eigenvalue weighted by atomic mass is 10.4. The molecule has 0 bridgehead atoms. The SMILES string of the molecule is CN=Cc1cnn(C)c1. The Hall–Kier alpha value is -1.12. The standard InChI is InChI=1S/C6H9N3/c1-7-3-6-4-8-9(2)5-6/h3-5H,1-2H3. The number of hydrogen-bond acceptors (Lipinski definition) is 2. The third kappa shape index (κ3) is 1.38. The maximum Gasteiger partial charge on any atom is 0.0577 e. The second-order valence-electron chi connectivity index (χ2n) is 1.83. The van der Waals surface area contributed by atoms with Gasteiger partial charge in [-0.1, -0.05) is 0 Å². The molecular weight excluding hydrogens is 114 g/mol. The topological polar surface area (TPSA) is 30.2 Å². The molecule has 1 aromatic rings. The molecule has 9 heavy (non-hydrogen) atoms. The van der Waals surface area contributed by atoms with Crippen LogP contribution in [0.5, 0.6) is 0 Å². The highest BCUT2D eigenvalue weighted by Crippen LogP contribution is 1.89. The van der Waals surface area contributed by atoms with Crippen molar-refractivity contribution in [3.63, 3.8) is 0 Å². The van der Waals surface area contributed by atoms with Crippen LogP contribution in [0.2, 0.25) is 0 Å². The lowest BCUT2D eigenvalue weighted by molar-refractivity contribution is 0.767. The average Bonchev–Trinajstić information content (AvgIpc) is 2.17. The first kappa shape index (κ1) is 6.01. The third-order valence-electron chi connectivity index (χ3n) is 1.00. The van der Waals surface area contributed by atoms with Crippen molar-refractivity contribution < 1.29 is 0 Å². The van der Waals surface area contributed by atoms with E-state index in [1.807, 2.05) is 13.2 Å². The van der Waals surface area contributed by atoms with Crippen molar-refractivity contribution in [3.8, 4) is 0 Å². The van der Waals surface area contributed by atoms with Gasteiger partial charge in [0.05, 0.1) is 6.20 Å². The van der Waals surface area contributed by atoms with Crippen LogP contribution in [0.15, 0.2) is 17.4 Å². The minimum absolute atomic E-state index is 1.04. The van der Waals surface area contributed by atoms with Gasteiger partial charge < -0.3 is 0 Å². The van der Waals surface area contributed by atoms with Gasteiger partial charge in [0.2, 0.25) is 0 Å². The summed E-state index contributed by atoms with van der Waals surface area (Å²) in [5, 5.41) is 3.96. The molecule has 0 saturated carbocycles. The molecule has 1 heterocycles. The van der Waals surface area contributed by atoms with Gasteiger partial charge in [-0.15, -0.1) is 0 Å². The molecule has 0 N–H and O–H groups in total. The first-order valence-corrected chi connectivity index (χ1v) is 2.74. The first-order valence-electron chi connectivity index (χ1n) is 2.74. The Labute approximate surface area is 54.0 Å². The summed E-state index contributed by atoms with van der Waals surface area (Å²) >= 11 is 0. The van der Waals surface area contributed by atoms with Gasteiger partial charge in [-0.25, -0.2) is 0 Å². The molecule has 0 spiro atoms. The maximum absolute atomic E-state index is 3.96. The molecule has 0 aromatic carbocycles. The van der Waals surface area contributed by atoms with Crippen molar-refractivity contribution in [2.75, 3.05) is 7.05 Å². The van der Waals surface area contributed by atoms with Gasteiger partial charge in [-0.3, -0.25) is 9.67 Å². The van der Waals surface area contributed by atoms with Gasteiger partial charge in [0.15, 0.2) is 0 Å². The Kier molecular flexibility index (Phi) is 1.63. The smallest absolute Gasteiger partial charge is 0.0577 e. The number of aliphatic imine (C=N–C) groups is 1. The minimum atomic E-state index is 1.04. The zero-order valence-electron chi connectivity index (χ0n) is 5.57. The molecule has 0 amide bonds. The van der Waals surface area contributed by atoms with Crippen molar-refractivity contribution in [2.24, 2.45) is 12.0 Å². The fourth-order valence-corrected chi connectivity index (χ4v) is 0.656. The van der Waals surface area contributed by atoms with Crippen LogP contribution >= 0.6 is 0 Å². The molecule has 0 radical (unpaired) electrons. The maximum atomic E-state index is 3.96. The van der Waals surface area contributed by atoms with Crippen LogP contribution in [0.4, 0.5) is 0 Å². The van der Waals surface area contributed by atoms with Gasteiger partial charge >= 0.3 is 0 Å². The van der Waals surface area contributed by atoms with Crippen LogP contribution in [-0.2, 0) is 7.05 Å². The quantitative estimate of drug-likeness (QED) is 0.499. The van der Waals surface area contributed by atoms with E-state index in [2.05, 4.69) is 10.1 Å². The van der Waals surface area contributed by atoms with E-state index >= 15 is 0 Å². The van der Waals surface area contributed by atoms with Gasteiger partial charge in [0.25, 0.3) is 0 Å². The van der Waals surface area contributed by atoms with Crippen LogP contribution in [0, 0.1) is 0 Å². The molecule has 0 fully saturated rings. The Balaban J connectivity index is 2.85. The van der Waals surface area contributed by atoms with Crippen molar-refractivity contribution >= 4 is 6.21 Å². The van der Waals surface area contributed by atoms with Crippen LogP contribution in [-0.4, -0.2) is 23.0 Å². The number of aromatic nitrogens is 2. The highest BCUT2D eigenvalue weighted by Gasteiger charge is 1.87. The Morgan fingerprint density at radius 1 is 1.78 bits per heavy atom. The van der Waals surface area contributed by atoms with Gasteiger partial charge in [-0.05, 0) is 0 Å². The third-order valence-corrected chi connectivity index (χ3v) is 1.00. The summed E-state index contributed by atoms with van der Waals surface area (Å²) in [7, 11) is 3.62. The zero-order chi connectivity index (χ0) is 6.69. The summed E-state index contributed by atoms with van der Waals surface area (Å²) in [4.78, 5) is 3.84. The van der Waals surface area contributed by atoms with Gasteiger partial charge in [0.1, 0.15) is 0 Å². The van der Waals surface area contributed by atoms with E-state index < -0.39 is 0 Å². The Morgan fingerprint density at radius 3 is 3.00 bits per heavy atom. The predicted octanol–water partition coefficient (Wildman–Crippen LogP) is 0.469. The van der Waals surface area contributed by atoms with Crippen LogP contribution in [0.1, 0.15) is 5.56 Å². The number of nitrogens with zero attached hydrogens (tertiary/aromatic N) is 3. The molecule has 0 aliphatic rings. The van der Waals surface area contributed by atoms with Gasteiger partial charge in [0, 0.05) is 32.1 Å². The molecule has 3 heteroatoms. The number of hydrogen-bond donors (Lipinski definition) is 0. The molecule has 0 saturated heterocycles. The second kappa shape index (κ2) is 2.44. The highest BCUT2D eigenvalue weighted by atomic mass is 15.2. The highest BCUT2D eigenvalue weighted by molar-refractivity contribution is 5.78. The molecule has 0 unspecified atom stereocenters. The Morgan fingerprint density at radius 2 is 2.56 bits per heavy atom. The molecule has 0 aliphatic carbocycles. The summed E-state index contributed by atoms with van der Waals surface area (Å²) in [6, 6.07) is 0. The van der Waals surface area contributed by atoms with Crippen molar-refractivity contribution in [1.82, 2.24) is 9.78 Å². The largest absolute Gasteiger partial charge is 0.296 e. The Bertz CT molecular complexity index is 212. The van der Waals surface area contributed by atoms with E-state index in [-0.39, 0.29) is 0 Å². The van der Waals surface area contributed by atoms with E-state index in [0.29, 0.717) is 0 Å². The molecular formula is C6H9N3. The van der Waals surface area contributed by atoms with E-state index in [4.69, 9.17) is 0 Å². The van der Waals surface area contributed by atoms with E-state index in [9.17, 15) is 0 Å². The molecule has 1 aromatic heterocycles. The summed E-state index contributed by atoms with van der Waals surface area (Å²) in [5.74, 6) is 0. The monoisotopic (exact) mass is 123 g/mol. The molecule has 0 aliphatic heterocycles. The zero-order valence-corrected chi connectivity index (χ0v) is 5.57. The van der Waals surface area contributed by atoms with E-state index in [1.54, 1.807) is 24.1 Å². The van der Waals surface area contributed by atoms with Crippen LogP contribution < -0.4 is 0 Å². The van der Waals surface area contributed by atoms with Crippen LogP contribution in [0.3, 0.4) is 0 Å². The summed E-state index contributed by atoms with van der Waals surface area (Å²) < 4.78 is 1.75. The van der Waals surface area contributed by atoms with Crippen molar-refractivity contribution in [2.45, 2.75) is 0 Å². The fraction of sp³-hybridized carbons (Fsp3) is 0.333. The van der Waals surface area contributed by atoms with Crippen molar-refractivity contribution in [3.05, 3.63) is 18.0 Å². The summed E-state index contributed by atoms with van der Waals surface area (Å²) in [6.45, 7) is 0. The lowest BCUT2D eigenvalue weighted by Crippen LogP contribution is -1.84. The minimum Gasteiger partial charge on any atom is -0.296 e. The molecule has 3 nitrogen and oxygen atoms in total. The van der Waals surface area contributed by atoms with Crippen LogP contribution in [0.25, 0.3) is 0 Å². The fourth-order valence-electron chi connectivity index (χ4n) is 0.656. The second-order valence-corrected chi connectivity index (χ2v) is 1.83. The average molecular weight is 123 g/mol. The molecule has 0 atom stereocenters. The summed E-state index contributed by atoms with van der Waals surface area (Å²) in [6.07, 6.45) is 5.45. The number of rotatable bonds is 1. The first-order chi connectivity index (χ1) is 4.33. The van der Waals surface area contributed by atoms with Gasteiger partial charge in [-0.2, -0.15) is 5.10 Å². The summed E-state index contributed by atoms with van der Waals surface area (Å²) in [5.41, 5.74) is 1.04. The van der Waals surface area contributed by atoms with E-state index in [0.717, 1.165) is 5.56 Å². The predicted molar refractivity (Wildman–Crippen MR) is 36.7 cm³/mol. The lowest BCUT2D eigenvalue weighted by Gasteiger charge is -1.79. The van der Waals surface area contributed by atoms with E-state index in [1.165, 1.54) is 0 Å².